The fourth-order valence-corrected chi connectivity index (χ4v) is 3.94. The first-order valence-electron chi connectivity index (χ1n) is 6.97. The Morgan fingerprint density at radius 3 is 3.00 bits per heavy atom. The van der Waals surface area contributed by atoms with Gasteiger partial charge in [0.25, 0.3) is 0 Å². The minimum atomic E-state index is -0.173. The van der Waals surface area contributed by atoms with Gasteiger partial charge in [0.05, 0.1) is 0 Å². The summed E-state index contributed by atoms with van der Waals surface area (Å²) >= 11 is 0. The molecule has 2 rings (SSSR count). The van der Waals surface area contributed by atoms with Gasteiger partial charge in [-0.3, -0.25) is 4.79 Å². The highest BCUT2D eigenvalue weighted by Gasteiger charge is 2.49. The quantitative estimate of drug-likeness (QED) is 0.620. The fraction of sp³-hybridized carbons (Fsp3) is 0.800. The van der Waals surface area contributed by atoms with Crippen LogP contribution in [0.5, 0.6) is 0 Å². The Hall–Kier alpha value is -0.830. The SMILES string of the molecule is CC(=O)O[C@H]1CCC[C@]2(C)C([C@@H](C)CO)=CC[C@@H]12. The molecule has 0 spiro atoms. The van der Waals surface area contributed by atoms with Gasteiger partial charge in [0, 0.05) is 25.4 Å². The number of esters is 1. The van der Waals surface area contributed by atoms with Crippen molar-refractivity contribution in [3.63, 3.8) is 0 Å². The maximum atomic E-state index is 11.2. The number of hydrogen-bond acceptors (Lipinski definition) is 3. The molecule has 2 aliphatic rings. The number of aliphatic hydroxyl groups excluding tert-OH is 1. The van der Waals surface area contributed by atoms with Gasteiger partial charge in [-0.2, -0.15) is 0 Å². The van der Waals surface area contributed by atoms with E-state index in [1.807, 2.05) is 0 Å². The van der Waals surface area contributed by atoms with Gasteiger partial charge in [0.15, 0.2) is 0 Å². The summed E-state index contributed by atoms with van der Waals surface area (Å²) in [7, 11) is 0. The van der Waals surface area contributed by atoms with Gasteiger partial charge in [-0.05, 0) is 31.1 Å². The van der Waals surface area contributed by atoms with Crippen molar-refractivity contribution in [1.29, 1.82) is 0 Å². The van der Waals surface area contributed by atoms with Crippen molar-refractivity contribution in [1.82, 2.24) is 0 Å². The van der Waals surface area contributed by atoms with Crippen LogP contribution in [0.25, 0.3) is 0 Å². The van der Waals surface area contributed by atoms with Crippen LogP contribution < -0.4 is 0 Å². The summed E-state index contributed by atoms with van der Waals surface area (Å²) in [6.07, 6.45) is 6.53. The monoisotopic (exact) mass is 252 g/mol. The second-order valence-corrected chi connectivity index (χ2v) is 6.04. The Morgan fingerprint density at radius 1 is 1.67 bits per heavy atom. The average molecular weight is 252 g/mol. The Kier molecular flexibility index (Phi) is 3.81. The summed E-state index contributed by atoms with van der Waals surface area (Å²) in [5.74, 6) is 0.447. The number of aliphatic hydroxyl groups is 1. The topological polar surface area (TPSA) is 46.5 Å². The van der Waals surface area contributed by atoms with E-state index in [-0.39, 0.29) is 30.0 Å². The second kappa shape index (κ2) is 5.04. The number of hydrogen-bond donors (Lipinski definition) is 1. The molecule has 0 amide bonds. The maximum Gasteiger partial charge on any atom is 0.302 e. The number of fused-ring (bicyclic) bond motifs is 1. The van der Waals surface area contributed by atoms with E-state index in [0.29, 0.717) is 5.92 Å². The molecule has 0 radical (unpaired) electrons. The van der Waals surface area contributed by atoms with E-state index in [9.17, 15) is 9.90 Å². The lowest BCUT2D eigenvalue weighted by molar-refractivity contribution is -0.153. The minimum Gasteiger partial charge on any atom is -0.462 e. The molecule has 3 heteroatoms. The highest BCUT2D eigenvalue weighted by molar-refractivity contribution is 5.66. The van der Waals surface area contributed by atoms with E-state index < -0.39 is 0 Å². The van der Waals surface area contributed by atoms with Gasteiger partial charge < -0.3 is 9.84 Å². The van der Waals surface area contributed by atoms with Crippen molar-refractivity contribution < 1.29 is 14.6 Å². The predicted molar refractivity (Wildman–Crippen MR) is 70.0 cm³/mol. The highest BCUT2D eigenvalue weighted by Crippen LogP contribution is 2.55. The lowest BCUT2D eigenvalue weighted by Crippen LogP contribution is -2.41. The lowest BCUT2D eigenvalue weighted by Gasteiger charge is -2.44. The van der Waals surface area contributed by atoms with Crippen LogP contribution in [0, 0.1) is 17.3 Å². The van der Waals surface area contributed by atoms with Crippen LogP contribution in [0.3, 0.4) is 0 Å². The zero-order valence-electron chi connectivity index (χ0n) is 11.6. The molecule has 0 saturated heterocycles. The summed E-state index contributed by atoms with van der Waals surface area (Å²) in [6, 6.07) is 0. The zero-order chi connectivity index (χ0) is 13.3. The Labute approximate surface area is 109 Å². The van der Waals surface area contributed by atoms with E-state index in [1.165, 1.54) is 12.5 Å². The lowest BCUT2D eigenvalue weighted by atomic mass is 9.63. The molecule has 0 aliphatic heterocycles. The first kappa shape index (κ1) is 13.6. The first-order valence-corrected chi connectivity index (χ1v) is 6.97. The van der Waals surface area contributed by atoms with E-state index in [2.05, 4.69) is 19.9 Å². The number of carbonyl (C=O) groups is 1. The van der Waals surface area contributed by atoms with Crippen LogP contribution in [0.2, 0.25) is 0 Å². The minimum absolute atomic E-state index is 0.0564. The molecule has 2 aliphatic carbocycles. The van der Waals surface area contributed by atoms with Crippen LogP contribution in [0.1, 0.15) is 46.5 Å². The highest BCUT2D eigenvalue weighted by atomic mass is 16.5. The molecule has 18 heavy (non-hydrogen) atoms. The summed E-state index contributed by atoms with van der Waals surface area (Å²) < 4.78 is 5.50. The van der Waals surface area contributed by atoms with Gasteiger partial charge in [-0.25, -0.2) is 0 Å². The summed E-state index contributed by atoms with van der Waals surface area (Å²) in [4.78, 5) is 11.2. The molecule has 1 saturated carbocycles. The third-order valence-electron chi connectivity index (χ3n) is 4.83. The van der Waals surface area contributed by atoms with Crippen molar-refractivity contribution in [3.8, 4) is 0 Å². The Bertz CT molecular complexity index is 361. The molecule has 1 fully saturated rings. The van der Waals surface area contributed by atoms with Crippen molar-refractivity contribution in [3.05, 3.63) is 11.6 Å². The van der Waals surface area contributed by atoms with Crippen molar-refractivity contribution in [2.24, 2.45) is 17.3 Å². The molecular formula is C15H24O3. The summed E-state index contributed by atoms with van der Waals surface area (Å²) in [5, 5.41) is 9.39. The van der Waals surface area contributed by atoms with Crippen molar-refractivity contribution >= 4 is 5.97 Å². The van der Waals surface area contributed by atoms with Gasteiger partial charge >= 0.3 is 5.97 Å². The van der Waals surface area contributed by atoms with E-state index in [4.69, 9.17) is 4.74 Å². The van der Waals surface area contributed by atoms with Gasteiger partial charge in [-0.1, -0.05) is 25.5 Å². The van der Waals surface area contributed by atoms with Crippen LogP contribution in [-0.4, -0.2) is 23.8 Å². The van der Waals surface area contributed by atoms with E-state index in [1.54, 1.807) is 0 Å². The molecule has 0 aromatic carbocycles. The molecule has 0 aromatic heterocycles. The van der Waals surface area contributed by atoms with Crippen molar-refractivity contribution in [2.75, 3.05) is 6.61 Å². The van der Waals surface area contributed by atoms with Gasteiger partial charge in [0.2, 0.25) is 0 Å². The average Bonchev–Trinajstić information content (AvgIpc) is 2.66. The molecule has 0 unspecified atom stereocenters. The van der Waals surface area contributed by atoms with Crippen LogP contribution in [-0.2, 0) is 9.53 Å². The van der Waals surface area contributed by atoms with Crippen molar-refractivity contribution in [2.45, 2.75) is 52.6 Å². The van der Waals surface area contributed by atoms with Crippen LogP contribution in [0.15, 0.2) is 11.6 Å². The molecule has 0 aromatic rings. The zero-order valence-corrected chi connectivity index (χ0v) is 11.6. The molecule has 0 heterocycles. The molecule has 102 valence electrons. The Morgan fingerprint density at radius 2 is 2.39 bits per heavy atom. The maximum absolute atomic E-state index is 11.2. The third kappa shape index (κ3) is 2.20. The van der Waals surface area contributed by atoms with E-state index >= 15 is 0 Å². The van der Waals surface area contributed by atoms with Crippen LogP contribution >= 0.6 is 0 Å². The largest absolute Gasteiger partial charge is 0.462 e. The predicted octanol–water partition coefficient (Wildman–Crippen LogP) is 2.68. The van der Waals surface area contributed by atoms with E-state index in [0.717, 1.165) is 25.7 Å². The van der Waals surface area contributed by atoms with Crippen LogP contribution in [0.4, 0.5) is 0 Å². The van der Waals surface area contributed by atoms with Gasteiger partial charge in [0.1, 0.15) is 6.10 Å². The Balaban J connectivity index is 2.18. The number of carbonyl (C=O) groups excluding carboxylic acids is 1. The van der Waals surface area contributed by atoms with Gasteiger partial charge in [-0.15, -0.1) is 0 Å². The molecule has 3 nitrogen and oxygen atoms in total. The second-order valence-electron chi connectivity index (χ2n) is 6.04. The fourth-order valence-electron chi connectivity index (χ4n) is 3.94. The molecule has 0 bridgehead atoms. The smallest absolute Gasteiger partial charge is 0.302 e. The molecular weight excluding hydrogens is 228 g/mol. The number of ether oxygens (including phenoxy) is 1. The molecule has 1 N–H and O–H groups in total. The number of rotatable bonds is 3. The third-order valence-corrected chi connectivity index (χ3v) is 4.83. The summed E-state index contributed by atoms with van der Waals surface area (Å²) in [5.41, 5.74) is 1.48. The summed E-state index contributed by atoms with van der Waals surface area (Å²) in [6.45, 7) is 6.05. The first-order chi connectivity index (χ1) is 8.49. The standard InChI is InChI=1S/C15H24O3/c1-10(9-16)12-6-7-13-14(18-11(2)17)5-4-8-15(12,13)3/h6,10,13-14,16H,4-5,7-9H2,1-3H3/t10-,13-,14-,15+/m0/s1. The number of allylic oxidation sites excluding steroid dienone is 1. The normalized spacial score (nSPS) is 36.8. The molecule has 4 atom stereocenters.